The van der Waals surface area contributed by atoms with Gasteiger partial charge in [0.25, 0.3) is 0 Å². The first-order chi connectivity index (χ1) is 8.24. The van der Waals surface area contributed by atoms with Crippen LogP contribution in [0.15, 0.2) is 18.3 Å². The number of nitrogens with zero attached hydrogens (tertiary/aromatic N) is 1. The molecule has 0 aliphatic rings. The van der Waals surface area contributed by atoms with Crippen LogP contribution in [0.1, 0.15) is 18.7 Å². The lowest BCUT2D eigenvalue weighted by atomic mass is 10.2. The molecule has 0 bridgehead atoms. The largest absolute Gasteiger partial charge is 0.490 e. The van der Waals surface area contributed by atoms with Crippen molar-refractivity contribution in [1.82, 2.24) is 4.98 Å². The molecule has 0 unspecified atom stereocenters. The summed E-state index contributed by atoms with van der Waals surface area (Å²) in [5.41, 5.74) is 6.55. The van der Waals surface area contributed by atoms with Crippen molar-refractivity contribution >= 4 is 0 Å². The maximum Gasteiger partial charge on any atom is 0.137 e. The van der Waals surface area contributed by atoms with Crippen molar-refractivity contribution in [2.45, 2.75) is 13.0 Å². The molecule has 1 rings (SSSR count). The number of pyridine rings is 1. The molecule has 17 heavy (non-hydrogen) atoms. The van der Waals surface area contributed by atoms with E-state index < -0.39 is 0 Å². The third kappa shape index (κ3) is 5.63. The normalized spacial score (nSPS) is 12.4. The van der Waals surface area contributed by atoms with E-state index in [1.165, 1.54) is 0 Å². The van der Waals surface area contributed by atoms with E-state index in [1.54, 1.807) is 13.3 Å². The van der Waals surface area contributed by atoms with Gasteiger partial charge < -0.3 is 19.9 Å². The molecule has 96 valence electrons. The van der Waals surface area contributed by atoms with Crippen molar-refractivity contribution in [3.8, 4) is 5.75 Å². The summed E-state index contributed by atoms with van der Waals surface area (Å²) in [4.78, 5) is 4.20. The molecule has 1 heterocycles. The van der Waals surface area contributed by atoms with Crippen molar-refractivity contribution in [3.05, 3.63) is 24.0 Å². The Morgan fingerprint density at radius 2 is 2.00 bits per heavy atom. The zero-order valence-corrected chi connectivity index (χ0v) is 10.4. The Hall–Kier alpha value is -1.17. The van der Waals surface area contributed by atoms with Gasteiger partial charge in [0.1, 0.15) is 12.4 Å². The molecule has 0 saturated carbocycles. The zero-order chi connectivity index (χ0) is 12.5. The van der Waals surface area contributed by atoms with Gasteiger partial charge in [-0.25, -0.2) is 0 Å². The fourth-order valence-electron chi connectivity index (χ4n) is 1.21. The molecule has 1 aromatic rings. The Labute approximate surface area is 102 Å². The van der Waals surface area contributed by atoms with Crippen LogP contribution in [0, 0.1) is 0 Å². The van der Waals surface area contributed by atoms with Crippen molar-refractivity contribution in [2.24, 2.45) is 5.73 Å². The number of rotatable bonds is 8. The quantitative estimate of drug-likeness (QED) is 0.690. The van der Waals surface area contributed by atoms with Crippen LogP contribution >= 0.6 is 0 Å². The van der Waals surface area contributed by atoms with Crippen LogP contribution in [0.25, 0.3) is 0 Å². The Morgan fingerprint density at radius 3 is 2.59 bits per heavy atom. The van der Waals surface area contributed by atoms with Gasteiger partial charge in [-0.05, 0) is 19.1 Å². The molecule has 5 nitrogen and oxygen atoms in total. The third-order valence-electron chi connectivity index (χ3n) is 2.15. The van der Waals surface area contributed by atoms with E-state index in [0.717, 1.165) is 11.4 Å². The monoisotopic (exact) mass is 240 g/mol. The molecule has 0 aliphatic carbocycles. The first-order valence-electron chi connectivity index (χ1n) is 5.65. The molecular formula is C12H20N2O3. The topological polar surface area (TPSA) is 66.6 Å². The zero-order valence-electron chi connectivity index (χ0n) is 10.4. The predicted molar refractivity (Wildman–Crippen MR) is 65.0 cm³/mol. The molecule has 0 radical (unpaired) electrons. The van der Waals surface area contributed by atoms with Crippen LogP contribution in [-0.2, 0) is 9.47 Å². The van der Waals surface area contributed by atoms with E-state index in [4.69, 9.17) is 19.9 Å². The van der Waals surface area contributed by atoms with E-state index >= 15 is 0 Å². The first kappa shape index (κ1) is 13.9. The molecule has 0 aromatic carbocycles. The van der Waals surface area contributed by atoms with Crippen LogP contribution in [0.2, 0.25) is 0 Å². The molecule has 0 spiro atoms. The molecule has 0 saturated heterocycles. The summed E-state index contributed by atoms with van der Waals surface area (Å²) in [5.74, 6) is 0.727. The Morgan fingerprint density at radius 1 is 1.24 bits per heavy atom. The van der Waals surface area contributed by atoms with E-state index in [1.807, 2.05) is 19.1 Å². The van der Waals surface area contributed by atoms with Crippen LogP contribution in [0.3, 0.4) is 0 Å². The van der Waals surface area contributed by atoms with Crippen molar-refractivity contribution in [3.63, 3.8) is 0 Å². The van der Waals surface area contributed by atoms with Gasteiger partial charge in [0.2, 0.25) is 0 Å². The maximum absolute atomic E-state index is 5.70. The highest BCUT2D eigenvalue weighted by molar-refractivity contribution is 5.21. The van der Waals surface area contributed by atoms with Crippen LogP contribution in [-0.4, -0.2) is 38.5 Å². The van der Waals surface area contributed by atoms with Crippen molar-refractivity contribution in [1.29, 1.82) is 0 Å². The average Bonchev–Trinajstić information content (AvgIpc) is 2.34. The van der Waals surface area contributed by atoms with Crippen molar-refractivity contribution < 1.29 is 14.2 Å². The van der Waals surface area contributed by atoms with Gasteiger partial charge in [0.05, 0.1) is 31.7 Å². The standard InChI is InChI=1S/C12H20N2O3/c1-10(13)12-4-3-11(9-14-12)17-8-7-16-6-5-15-2/h3-4,9-10H,5-8,13H2,1-2H3/t10-/m0/s1. The van der Waals surface area contributed by atoms with Crippen LogP contribution in [0.5, 0.6) is 5.75 Å². The highest BCUT2D eigenvalue weighted by atomic mass is 16.5. The summed E-state index contributed by atoms with van der Waals surface area (Å²) in [6.07, 6.45) is 1.67. The van der Waals surface area contributed by atoms with E-state index in [2.05, 4.69) is 4.98 Å². The number of aromatic nitrogens is 1. The molecule has 1 atom stereocenters. The van der Waals surface area contributed by atoms with Crippen molar-refractivity contribution in [2.75, 3.05) is 33.5 Å². The SMILES string of the molecule is COCCOCCOc1ccc([C@H](C)N)nc1. The summed E-state index contributed by atoms with van der Waals surface area (Å²) >= 11 is 0. The lowest BCUT2D eigenvalue weighted by Crippen LogP contribution is -2.10. The van der Waals surface area contributed by atoms with Gasteiger partial charge in [0.15, 0.2) is 0 Å². The van der Waals surface area contributed by atoms with Crippen LogP contribution < -0.4 is 10.5 Å². The minimum absolute atomic E-state index is 0.0542. The maximum atomic E-state index is 5.70. The number of hydrogen-bond acceptors (Lipinski definition) is 5. The summed E-state index contributed by atoms with van der Waals surface area (Å²) in [5, 5.41) is 0. The highest BCUT2D eigenvalue weighted by Crippen LogP contribution is 2.12. The van der Waals surface area contributed by atoms with Gasteiger partial charge >= 0.3 is 0 Å². The fourth-order valence-corrected chi connectivity index (χ4v) is 1.21. The second-order valence-electron chi connectivity index (χ2n) is 3.66. The molecular weight excluding hydrogens is 220 g/mol. The fraction of sp³-hybridized carbons (Fsp3) is 0.583. The second-order valence-corrected chi connectivity index (χ2v) is 3.66. The van der Waals surface area contributed by atoms with E-state index in [-0.39, 0.29) is 6.04 Å². The summed E-state index contributed by atoms with van der Waals surface area (Å²) < 4.78 is 15.6. The average molecular weight is 240 g/mol. The van der Waals surface area contributed by atoms with E-state index in [0.29, 0.717) is 26.4 Å². The summed E-state index contributed by atoms with van der Waals surface area (Å²) in [6.45, 7) is 4.13. The Kier molecular flexibility index (Phi) is 6.54. The number of methoxy groups -OCH3 is 1. The smallest absolute Gasteiger partial charge is 0.137 e. The summed E-state index contributed by atoms with van der Waals surface area (Å²) in [6, 6.07) is 3.67. The minimum atomic E-state index is -0.0542. The minimum Gasteiger partial charge on any atom is -0.490 e. The van der Waals surface area contributed by atoms with Gasteiger partial charge in [0, 0.05) is 13.2 Å². The predicted octanol–water partition coefficient (Wildman–Crippen LogP) is 1.14. The van der Waals surface area contributed by atoms with E-state index in [9.17, 15) is 0 Å². The Balaban J connectivity index is 2.19. The van der Waals surface area contributed by atoms with Gasteiger partial charge in [-0.1, -0.05) is 0 Å². The highest BCUT2D eigenvalue weighted by Gasteiger charge is 2.01. The van der Waals surface area contributed by atoms with Gasteiger partial charge in [-0.3, -0.25) is 4.98 Å². The molecule has 2 N–H and O–H groups in total. The third-order valence-corrected chi connectivity index (χ3v) is 2.15. The van der Waals surface area contributed by atoms with Gasteiger partial charge in [-0.2, -0.15) is 0 Å². The number of hydrogen-bond donors (Lipinski definition) is 1. The molecule has 1 aromatic heterocycles. The molecule has 0 aliphatic heterocycles. The molecule has 0 fully saturated rings. The number of nitrogens with two attached hydrogens (primary N) is 1. The first-order valence-corrected chi connectivity index (χ1v) is 5.65. The lowest BCUT2D eigenvalue weighted by Gasteiger charge is -2.08. The second kappa shape index (κ2) is 8.00. The lowest BCUT2D eigenvalue weighted by molar-refractivity contribution is 0.0543. The summed E-state index contributed by atoms with van der Waals surface area (Å²) in [7, 11) is 1.64. The van der Waals surface area contributed by atoms with Gasteiger partial charge in [-0.15, -0.1) is 0 Å². The molecule has 0 amide bonds. The Bertz CT molecular complexity index is 301. The molecule has 5 heteroatoms. The van der Waals surface area contributed by atoms with Crippen LogP contribution in [0.4, 0.5) is 0 Å². The number of ether oxygens (including phenoxy) is 3.